The van der Waals surface area contributed by atoms with Gasteiger partial charge in [-0.15, -0.1) is 0 Å². The first-order valence-electron chi connectivity index (χ1n) is 11.5. The molecular weight excluding hydrogens is 432 g/mol. The van der Waals surface area contributed by atoms with Gasteiger partial charge in [0.05, 0.1) is 11.7 Å². The molecule has 6 rings (SSSR count). The van der Waals surface area contributed by atoms with Crippen molar-refractivity contribution >= 4 is 39.4 Å². The molecule has 0 spiro atoms. The van der Waals surface area contributed by atoms with Crippen LogP contribution in [-0.4, -0.2) is 59.1 Å². The number of anilines is 2. The van der Waals surface area contributed by atoms with E-state index in [9.17, 15) is 4.79 Å². The van der Waals surface area contributed by atoms with Crippen LogP contribution in [0.4, 0.5) is 11.6 Å². The summed E-state index contributed by atoms with van der Waals surface area (Å²) in [4.78, 5) is 28.3. The van der Waals surface area contributed by atoms with E-state index in [-0.39, 0.29) is 11.8 Å². The predicted molar refractivity (Wildman–Crippen MR) is 130 cm³/mol. The minimum Gasteiger partial charge on any atom is -0.436 e. The number of methoxy groups -OCH3 is 1. The summed E-state index contributed by atoms with van der Waals surface area (Å²) in [6, 6.07) is 7.98. The van der Waals surface area contributed by atoms with Crippen LogP contribution in [0.25, 0.3) is 33.3 Å². The van der Waals surface area contributed by atoms with Gasteiger partial charge in [0.1, 0.15) is 17.2 Å². The number of amides is 1. The van der Waals surface area contributed by atoms with Gasteiger partial charge in [-0.25, -0.2) is 15.0 Å². The lowest BCUT2D eigenvalue weighted by Gasteiger charge is -2.38. The number of carbonyl (C=O) groups excluding carboxylic acids is 1. The number of ether oxygens (including phenoxy) is 1. The van der Waals surface area contributed by atoms with Crippen LogP contribution in [0.3, 0.4) is 0 Å². The van der Waals surface area contributed by atoms with E-state index in [1.807, 2.05) is 19.2 Å². The number of benzene rings is 1. The predicted octanol–water partition coefficient (Wildman–Crippen LogP) is 3.66. The third-order valence-corrected chi connectivity index (χ3v) is 6.55. The first-order chi connectivity index (χ1) is 16.6. The molecule has 2 N–H and O–H groups in total. The van der Waals surface area contributed by atoms with Crippen molar-refractivity contribution in [1.29, 1.82) is 0 Å². The molecule has 1 aliphatic heterocycles. The van der Waals surface area contributed by atoms with Gasteiger partial charge >= 0.3 is 0 Å². The molecule has 0 atom stereocenters. The third kappa shape index (κ3) is 3.86. The number of pyridine rings is 2. The average Bonchev–Trinajstić information content (AvgIpc) is 3.59. The first-order valence-corrected chi connectivity index (χ1v) is 11.5. The van der Waals surface area contributed by atoms with E-state index in [0.29, 0.717) is 23.6 Å². The highest BCUT2D eigenvalue weighted by atomic mass is 16.5. The van der Waals surface area contributed by atoms with Crippen LogP contribution in [0.1, 0.15) is 18.4 Å². The van der Waals surface area contributed by atoms with Crippen LogP contribution in [0.2, 0.25) is 0 Å². The zero-order valence-electron chi connectivity index (χ0n) is 19.2. The van der Waals surface area contributed by atoms with Crippen LogP contribution in [0.15, 0.2) is 41.1 Å². The third-order valence-electron chi connectivity index (χ3n) is 6.55. The summed E-state index contributed by atoms with van der Waals surface area (Å²) >= 11 is 0. The van der Waals surface area contributed by atoms with E-state index >= 15 is 0 Å². The molecule has 1 amide bonds. The number of likely N-dealkylation sites (tertiary alicyclic amines) is 1. The van der Waals surface area contributed by atoms with Gasteiger partial charge in [-0.05, 0) is 36.6 Å². The largest absolute Gasteiger partial charge is 0.436 e. The summed E-state index contributed by atoms with van der Waals surface area (Å²) in [5.41, 5.74) is 3.46. The van der Waals surface area contributed by atoms with Crippen molar-refractivity contribution in [3.63, 3.8) is 0 Å². The minimum atomic E-state index is 0.0182. The van der Waals surface area contributed by atoms with Crippen molar-refractivity contribution in [2.75, 3.05) is 37.9 Å². The maximum atomic E-state index is 12.3. The number of carbonyl (C=O) groups is 1. The molecule has 4 heterocycles. The van der Waals surface area contributed by atoms with Gasteiger partial charge in [0.25, 0.3) is 0 Å². The van der Waals surface area contributed by atoms with Crippen molar-refractivity contribution in [1.82, 2.24) is 19.9 Å². The summed E-state index contributed by atoms with van der Waals surface area (Å²) in [5, 5.41) is 7.72. The molecule has 0 radical (unpaired) electrons. The van der Waals surface area contributed by atoms with Crippen LogP contribution in [0.5, 0.6) is 0 Å². The molecule has 9 nitrogen and oxygen atoms in total. The van der Waals surface area contributed by atoms with Gasteiger partial charge in [0, 0.05) is 62.9 Å². The van der Waals surface area contributed by atoms with E-state index < -0.39 is 0 Å². The fourth-order valence-electron chi connectivity index (χ4n) is 4.39. The van der Waals surface area contributed by atoms with E-state index in [0.717, 1.165) is 59.9 Å². The number of rotatable bonds is 7. The quantitative estimate of drug-likeness (QED) is 0.432. The van der Waals surface area contributed by atoms with Crippen molar-refractivity contribution in [2.24, 2.45) is 5.92 Å². The highest BCUT2D eigenvalue weighted by molar-refractivity contribution is 6.03. The monoisotopic (exact) mass is 458 g/mol. The van der Waals surface area contributed by atoms with Gasteiger partial charge < -0.3 is 19.8 Å². The van der Waals surface area contributed by atoms with Gasteiger partial charge in [0.2, 0.25) is 11.8 Å². The fourth-order valence-corrected chi connectivity index (χ4v) is 4.39. The highest BCUT2D eigenvalue weighted by Gasteiger charge is 2.30. The molecule has 1 aromatic carbocycles. The van der Waals surface area contributed by atoms with Crippen molar-refractivity contribution in [3.05, 3.63) is 42.2 Å². The lowest BCUT2D eigenvalue weighted by Crippen LogP contribution is -2.50. The van der Waals surface area contributed by atoms with Crippen LogP contribution >= 0.6 is 0 Å². The van der Waals surface area contributed by atoms with E-state index in [1.165, 1.54) is 5.56 Å². The first kappa shape index (κ1) is 21.0. The summed E-state index contributed by atoms with van der Waals surface area (Å²) in [5.74, 6) is 1.83. The molecule has 2 fully saturated rings. The summed E-state index contributed by atoms with van der Waals surface area (Å²) in [6.07, 6.45) is 5.68. The molecule has 9 heteroatoms. The Bertz CT molecular complexity index is 1390. The van der Waals surface area contributed by atoms with Crippen LogP contribution in [-0.2, 0) is 16.1 Å². The lowest BCUT2D eigenvalue weighted by molar-refractivity contribution is -0.117. The lowest BCUT2D eigenvalue weighted by atomic mass is 10.1. The Hall–Kier alpha value is -3.56. The second-order valence-corrected chi connectivity index (χ2v) is 9.02. The van der Waals surface area contributed by atoms with Gasteiger partial charge in [-0.1, -0.05) is 6.07 Å². The van der Waals surface area contributed by atoms with Gasteiger partial charge in [-0.3, -0.25) is 9.69 Å². The second-order valence-electron chi connectivity index (χ2n) is 9.02. The molecule has 1 saturated carbocycles. The average molecular weight is 459 g/mol. The normalized spacial score (nSPS) is 16.6. The Morgan fingerprint density at radius 3 is 2.79 bits per heavy atom. The molecule has 174 valence electrons. The van der Waals surface area contributed by atoms with E-state index in [2.05, 4.69) is 37.6 Å². The Labute approximate surface area is 196 Å². The number of nitrogens with zero attached hydrogens (tertiary/aromatic N) is 4. The van der Waals surface area contributed by atoms with Gasteiger partial charge in [0.15, 0.2) is 5.58 Å². The van der Waals surface area contributed by atoms with Crippen molar-refractivity contribution < 1.29 is 13.9 Å². The topological polar surface area (TPSA) is 105 Å². The Morgan fingerprint density at radius 2 is 2.03 bits per heavy atom. The Morgan fingerprint density at radius 1 is 1.18 bits per heavy atom. The summed E-state index contributed by atoms with van der Waals surface area (Å²) in [7, 11) is 3.57. The zero-order chi connectivity index (χ0) is 23.2. The van der Waals surface area contributed by atoms with Gasteiger partial charge in [-0.2, -0.15) is 0 Å². The molecular formula is C25H26N6O3. The minimum absolute atomic E-state index is 0.0182. The Balaban J connectivity index is 1.34. The van der Waals surface area contributed by atoms with E-state index in [1.54, 1.807) is 19.5 Å². The molecule has 1 aliphatic carbocycles. The molecule has 3 aromatic heterocycles. The van der Waals surface area contributed by atoms with Crippen LogP contribution < -0.4 is 10.6 Å². The smallest absolute Gasteiger partial charge is 0.229 e. The number of aromatic nitrogens is 3. The number of fused-ring (bicyclic) bond motifs is 2. The molecule has 1 saturated heterocycles. The summed E-state index contributed by atoms with van der Waals surface area (Å²) < 4.78 is 11.5. The number of nitrogens with one attached hydrogen (secondary N) is 2. The summed E-state index contributed by atoms with van der Waals surface area (Å²) in [6.45, 7) is 2.75. The second kappa shape index (κ2) is 8.34. The zero-order valence-corrected chi connectivity index (χ0v) is 19.2. The molecule has 0 bridgehead atoms. The van der Waals surface area contributed by atoms with Crippen molar-refractivity contribution in [3.8, 4) is 11.5 Å². The molecule has 4 aromatic rings. The Kier molecular flexibility index (Phi) is 5.15. The molecule has 34 heavy (non-hydrogen) atoms. The maximum absolute atomic E-state index is 12.3. The van der Waals surface area contributed by atoms with E-state index in [4.69, 9.17) is 14.1 Å². The molecule has 2 aliphatic rings. The van der Waals surface area contributed by atoms with Crippen LogP contribution in [0, 0.1) is 5.92 Å². The standard InChI is InChI=1S/C25H26N6O3/c1-26-23-18-9-27-22(30-24(32)15-4-5-15)8-17(18)19(10-28-23)25-29-20-7-14(3-6-21(20)34-25)11-31-12-16(13-31)33-2/h3,6-10,15-16H,4-5,11-13H2,1-2H3,(H,26,28)(H,27,30,32). The highest BCUT2D eigenvalue weighted by Crippen LogP contribution is 2.35. The maximum Gasteiger partial charge on any atom is 0.229 e. The SMILES string of the molecule is CNc1ncc(-c2nc3cc(CN4CC(OC)C4)ccc3o2)c2cc(NC(=O)C3CC3)ncc12. The van der Waals surface area contributed by atoms with Crippen molar-refractivity contribution in [2.45, 2.75) is 25.5 Å². The number of hydrogen-bond acceptors (Lipinski definition) is 8. The number of oxazole rings is 1. The molecule has 0 unspecified atom stereocenters. The number of hydrogen-bond donors (Lipinski definition) is 2. The fraction of sp³-hybridized carbons (Fsp3) is 0.360.